The molecule has 0 saturated heterocycles. The van der Waals surface area contributed by atoms with Gasteiger partial charge in [-0.05, 0) is 6.42 Å². The second-order valence-corrected chi connectivity index (χ2v) is 6.92. The highest BCUT2D eigenvalue weighted by Crippen LogP contribution is 2.40. The number of rotatable bonds is 4. The molecule has 0 amide bonds. The second kappa shape index (κ2) is 6.60. The maximum Gasteiger partial charge on any atom is 0.254 e. The van der Waals surface area contributed by atoms with Gasteiger partial charge in [0, 0.05) is 17.4 Å². The molecule has 1 aromatic carbocycles. The third kappa shape index (κ3) is 2.95. The van der Waals surface area contributed by atoms with Gasteiger partial charge in [0.1, 0.15) is 34.0 Å². The number of benzene rings is 1. The van der Waals surface area contributed by atoms with Gasteiger partial charge in [0.2, 0.25) is 0 Å². The van der Waals surface area contributed by atoms with Crippen molar-refractivity contribution in [1.29, 1.82) is 0 Å². The predicted molar refractivity (Wildman–Crippen MR) is 86.7 cm³/mol. The molecule has 0 aliphatic rings. The van der Waals surface area contributed by atoms with Gasteiger partial charge in [-0.3, -0.25) is 0 Å². The van der Waals surface area contributed by atoms with Crippen LogP contribution in [-0.4, -0.2) is 24.8 Å². The van der Waals surface area contributed by atoms with Crippen molar-refractivity contribution >= 4 is 29.1 Å². The molecule has 1 unspecified atom stereocenters. The third-order valence-electron chi connectivity index (χ3n) is 3.49. The Morgan fingerprint density at radius 1 is 1.21 bits per heavy atom. The molecule has 4 nitrogen and oxygen atoms in total. The SMILES string of the molecule is CCC(C)Sc1c(-c2c(F)cc(F)cc2F)c(Cl)nc2ncnn12. The van der Waals surface area contributed by atoms with Crippen LogP contribution in [-0.2, 0) is 0 Å². The van der Waals surface area contributed by atoms with Crippen LogP contribution in [0.1, 0.15) is 20.3 Å². The highest BCUT2D eigenvalue weighted by molar-refractivity contribution is 8.00. The molecular weight excluding hydrogens is 361 g/mol. The lowest BCUT2D eigenvalue weighted by molar-refractivity contribution is 0.547. The summed E-state index contributed by atoms with van der Waals surface area (Å²) in [5.74, 6) is -2.89. The number of hydrogen-bond donors (Lipinski definition) is 0. The number of hydrogen-bond acceptors (Lipinski definition) is 4. The Hall–Kier alpha value is -1.80. The lowest BCUT2D eigenvalue weighted by Crippen LogP contribution is -2.06. The first kappa shape index (κ1) is 17.0. The highest BCUT2D eigenvalue weighted by atomic mass is 35.5. The van der Waals surface area contributed by atoms with E-state index in [0.717, 1.165) is 6.42 Å². The Morgan fingerprint density at radius 2 is 1.88 bits per heavy atom. The minimum Gasteiger partial charge on any atom is -0.207 e. The summed E-state index contributed by atoms with van der Waals surface area (Å²) in [5, 5.41) is 4.47. The molecule has 0 saturated carbocycles. The molecule has 0 N–H and O–H groups in total. The van der Waals surface area contributed by atoms with E-state index in [1.165, 1.54) is 22.6 Å². The second-order valence-electron chi connectivity index (χ2n) is 5.14. The summed E-state index contributed by atoms with van der Waals surface area (Å²) >= 11 is 7.52. The van der Waals surface area contributed by atoms with Crippen LogP contribution in [0.2, 0.25) is 5.15 Å². The van der Waals surface area contributed by atoms with Crippen molar-refractivity contribution in [3.8, 4) is 11.1 Å². The van der Waals surface area contributed by atoms with Gasteiger partial charge in [0.05, 0.1) is 11.1 Å². The lowest BCUT2D eigenvalue weighted by atomic mass is 10.1. The summed E-state index contributed by atoms with van der Waals surface area (Å²) in [6, 6.07) is 1.22. The molecule has 0 aliphatic carbocycles. The molecule has 9 heteroatoms. The van der Waals surface area contributed by atoms with Crippen LogP contribution in [0, 0.1) is 17.5 Å². The maximum absolute atomic E-state index is 14.3. The number of thioether (sulfide) groups is 1. The minimum absolute atomic E-state index is 0.0370. The molecule has 2 aromatic heterocycles. The van der Waals surface area contributed by atoms with E-state index in [4.69, 9.17) is 11.6 Å². The van der Waals surface area contributed by atoms with Gasteiger partial charge in [-0.1, -0.05) is 25.4 Å². The number of fused-ring (bicyclic) bond motifs is 1. The standard InChI is InChI=1S/C15H12ClF3N4S/c1-3-7(2)24-14-12(11-9(18)4-8(17)5-10(11)19)13(16)22-15-20-6-21-23(14)15/h4-7H,3H2,1-2H3. The van der Waals surface area contributed by atoms with E-state index in [1.807, 2.05) is 13.8 Å². The smallest absolute Gasteiger partial charge is 0.207 e. The van der Waals surface area contributed by atoms with E-state index < -0.39 is 23.0 Å². The van der Waals surface area contributed by atoms with E-state index in [9.17, 15) is 13.2 Å². The van der Waals surface area contributed by atoms with Crippen molar-refractivity contribution in [3.63, 3.8) is 0 Å². The van der Waals surface area contributed by atoms with E-state index in [0.29, 0.717) is 17.2 Å². The van der Waals surface area contributed by atoms with Gasteiger partial charge in [0.25, 0.3) is 5.78 Å². The first-order valence-electron chi connectivity index (χ1n) is 7.13. The van der Waals surface area contributed by atoms with Crippen molar-refractivity contribution in [2.75, 3.05) is 0 Å². The molecular formula is C15H12ClF3N4S. The van der Waals surface area contributed by atoms with Crippen LogP contribution < -0.4 is 0 Å². The van der Waals surface area contributed by atoms with Gasteiger partial charge in [0.15, 0.2) is 0 Å². The lowest BCUT2D eigenvalue weighted by Gasteiger charge is -2.16. The van der Waals surface area contributed by atoms with Crippen molar-refractivity contribution in [2.45, 2.75) is 30.5 Å². The molecule has 24 heavy (non-hydrogen) atoms. The van der Waals surface area contributed by atoms with Crippen LogP contribution in [0.5, 0.6) is 0 Å². The Labute approximate surface area is 145 Å². The summed E-state index contributed by atoms with van der Waals surface area (Å²) in [7, 11) is 0. The first-order chi connectivity index (χ1) is 11.4. The molecule has 0 aliphatic heterocycles. The Bertz CT molecular complexity index is 892. The molecule has 0 spiro atoms. The van der Waals surface area contributed by atoms with Crippen molar-refractivity contribution < 1.29 is 13.2 Å². The fraction of sp³-hybridized carbons (Fsp3) is 0.267. The predicted octanol–water partition coefficient (Wildman–Crippen LogP) is 4.75. The van der Waals surface area contributed by atoms with Crippen LogP contribution in [0.4, 0.5) is 13.2 Å². The topological polar surface area (TPSA) is 43.1 Å². The van der Waals surface area contributed by atoms with Crippen LogP contribution in [0.25, 0.3) is 16.9 Å². The third-order valence-corrected chi connectivity index (χ3v) is 5.09. The van der Waals surface area contributed by atoms with Gasteiger partial charge >= 0.3 is 0 Å². The van der Waals surface area contributed by atoms with Crippen molar-refractivity contribution in [1.82, 2.24) is 19.6 Å². The van der Waals surface area contributed by atoms with Gasteiger partial charge in [-0.25, -0.2) is 13.2 Å². The van der Waals surface area contributed by atoms with Crippen LogP contribution in [0.3, 0.4) is 0 Å². The highest BCUT2D eigenvalue weighted by Gasteiger charge is 2.25. The average molecular weight is 373 g/mol. The Balaban J connectivity index is 2.35. The van der Waals surface area contributed by atoms with Crippen molar-refractivity contribution in [3.05, 3.63) is 41.1 Å². The van der Waals surface area contributed by atoms with E-state index in [1.54, 1.807) is 0 Å². The van der Waals surface area contributed by atoms with Crippen LogP contribution in [0.15, 0.2) is 23.5 Å². The average Bonchev–Trinajstić information content (AvgIpc) is 2.96. The zero-order valence-corrected chi connectivity index (χ0v) is 14.3. The number of halogens is 4. The van der Waals surface area contributed by atoms with Gasteiger partial charge < -0.3 is 0 Å². The van der Waals surface area contributed by atoms with E-state index >= 15 is 0 Å². The summed E-state index contributed by atoms with van der Waals surface area (Å²) in [6.07, 6.45) is 2.09. The first-order valence-corrected chi connectivity index (χ1v) is 8.39. The zero-order valence-electron chi connectivity index (χ0n) is 12.7. The minimum atomic E-state index is -1.05. The summed E-state index contributed by atoms with van der Waals surface area (Å²) in [6.45, 7) is 3.95. The molecule has 0 radical (unpaired) electrons. The fourth-order valence-electron chi connectivity index (χ4n) is 2.17. The molecule has 2 heterocycles. The summed E-state index contributed by atoms with van der Waals surface area (Å²) in [5.41, 5.74) is -0.396. The van der Waals surface area contributed by atoms with Crippen molar-refractivity contribution in [2.24, 2.45) is 0 Å². The zero-order chi connectivity index (χ0) is 17.4. The van der Waals surface area contributed by atoms with Crippen LogP contribution >= 0.6 is 23.4 Å². The quantitative estimate of drug-likeness (QED) is 0.489. The molecule has 1 atom stereocenters. The molecule has 0 fully saturated rings. The van der Waals surface area contributed by atoms with E-state index in [2.05, 4.69) is 15.1 Å². The largest absolute Gasteiger partial charge is 0.254 e. The molecule has 3 aromatic rings. The summed E-state index contributed by atoms with van der Waals surface area (Å²) < 4.78 is 43.2. The van der Waals surface area contributed by atoms with E-state index in [-0.39, 0.29) is 21.7 Å². The normalized spacial score (nSPS) is 12.8. The number of aromatic nitrogens is 4. The molecule has 3 rings (SSSR count). The Kier molecular flexibility index (Phi) is 4.69. The fourth-order valence-corrected chi connectivity index (χ4v) is 3.58. The Morgan fingerprint density at radius 3 is 2.50 bits per heavy atom. The van der Waals surface area contributed by atoms with Gasteiger partial charge in [-0.2, -0.15) is 19.6 Å². The monoisotopic (exact) mass is 372 g/mol. The molecule has 126 valence electrons. The number of nitrogens with zero attached hydrogens (tertiary/aromatic N) is 4. The molecule has 0 bridgehead atoms. The maximum atomic E-state index is 14.3. The summed E-state index contributed by atoms with van der Waals surface area (Å²) in [4.78, 5) is 7.99. The van der Waals surface area contributed by atoms with Gasteiger partial charge in [-0.15, -0.1) is 11.8 Å².